The average molecular weight is 397 g/mol. The number of fused-ring (bicyclic) bond motifs is 1. The van der Waals surface area contributed by atoms with Gasteiger partial charge in [0.1, 0.15) is 0 Å². The van der Waals surface area contributed by atoms with Crippen LogP contribution in [0.5, 0.6) is 0 Å². The molecule has 4 atom stereocenters. The van der Waals surface area contributed by atoms with Gasteiger partial charge in [-0.3, -0.25) is 9.78 Å². The van der Waals surface area contributed by atoms with Crippen LogP contribution in [0.15, 0.2) is 23.8 Å². The van der Waals surface area contributed by atoms with Gasteiger partial charge >= 0.3 is 0 Å². The molecular weight excluding hydrogens is 368 g/mol. The predicted molar refractivity (Wildman–Crippen MR) is 111 cm³/mol. The van der Waals surface area contributed by atoms with E-state index >= 15 is 0 Å². The number of nitrogens with zero attached hydrogens (tertiary/aromatic N) is 4. The van der Waals surface area contributed by atoms with Crippen LogP contribution >= 0.6 is 11.3 Å². The number of aryl methyl sites for hydroxylation is 1. The molecule has 0 radical (unpaired) electrons. The van der Waals surface area contributed by atoms with Crippen molar-refractivity contribution in [1.82, 2.24) is 19.8 Å². The van der Waals surface area contributed by atoms with Crippen molar-refractivity contribution in [2.75, 3.05) is 13.6 Å². The number of piperidine rings is 1. The maximum absolute atomic E-state index is 13.6. The Bertz CT molecular complexity index is 894. The number of likely N-dealkylation sites (N-methyl/N-ethyl adjacent to an activating group) is 1. The minimum atomic E-state index is 0.162. The molecule has 1 aliphatic carbocycles. The largest absolute Gasteiger partial charge is 0.331 e. The molecule has 1 amide bonds. The quantitative estimate of drug-likeness (QED) is 0.770. The molecule has 5 nitrogen and oxygen atoms in total. The summed E-state index contributed by atoms with van der Waals surface area (Å²) in [5, 5.41) is 0. The lowest BCUT2D eigenvalue weighted by molar-refractivity contribution is 0.0577. The number of likely N-dealkylation sites (tertiary alicyclic amines) is 2. The minimum absolute atomic E-state index is 0.162. The van der Waals surface area contributed by atoms with Crippen molar-refractivity contribution in [3.8, 4) is 10.6 Å². The molecule has 2 aromatic rings. The van der Waals surface area contributed by atoms with Crippen molar-refractivity contribution in [3.63, 3.8) is 0 Å². The lowest BCUT2D eigenvalue weighted by Gasteiger charge is -2.44. The second kappa shape index (κ2) is 6.63. The Morgan fingerprint density at radius 3 is 2.68 bits per heavy atom. The Labute approximate surface area is 170 Å². The van der Waals surface area contributed by atoms with Crippen LogP contribution in [0, 0.1) is 12.3 Å². The van der Waals surface area contributed by atoms with Crippen molar-refractivity contribution in [2.45, 2.75) is 64.1 Å². The first-order valence-corrected chi connectivity index (χ1v) is 11.3. The van der Waals surface area contributed by atoms with Gasteiger partial charge in [-0.2, -0.15) is 0 Å². The molecule has 5 rings (SSSR count). The molecule has 2 bridgehead atoms. The van der Waals surface area contributed by atoms with E-state index in [0.717, 1.165) is 35.7 Å². The average Bonchev–Trinajstić information content (AvgIpc) is 3.14. The Hall–Kier alpha value is -1.79. The highest BCUT2D eigenvalue weighted by Gasteiger charge is 2.59. The van der Waals surface area contributed by atoms with E-state index in [0.29, 0.717) is 23.7 Å². The molecule has 4 heterocycles. The number of hydrogen-bond donors (Lipinski definition) is 0. The Kier molecular flexibility index (Phi) is 4.32. The lowest BCUT2D eigenvalue weighted by Crippen LogP contribution is -2.51. The standard InChI is InChI=1S/C22H28N4OS/c1-14-20(28-13-24-14)17-9-8-15(11-23-17)21(27)26-16-10-22(2)18(25(3)12-16)6-4-5-7-19(22)26/h8-9,11,13,16,18-19H,4-7,10,12H2,1-3H3/t16-,18+,19-,22+/m0/s1. The van der Waals surface area contributed by atoms with E-state index in [2.05, 4.69) is 33.7 Å². The van der Waals surface area contributed by atoms with Crippen LogP contribution in [0.1, 0.15) is 55.1 Å². The van der Waals surface area contributed by atoms with Crippen LogP contribution in [0.2, 0.25) is 0 Å². The van der Waals surface area contributed by atoms with Gasteiger partial charge < -0.3 is 9.80 Å². The molecule has 0 N–H and O–H groups in total. The molecule has 2 aliphatic heterocycles. The zero-order valence-electron chi connectivity index (χ0n) is 16.9. The fraction of sp³-hybridized carbons (Fsp3) is 0.591. The summed E-state index contributed by atoms with van der Waals surface area (Å²) in [6, 6.07) is 5.20. The molecule has 2 aromatic heterocycles. The van der Waals surface area contributed by atoms with E-state index in [1.165, 1.54) is 19.3 Å². The number of amides is 1. The van der Waals surface area contributed by atoms with Gasteiger partial charge in [-0.15, -0.1) is 11.3 Å². The monoisotopic (exact) mass is 396 g/mol. The highest BCUT2D eigenvalue weighted by molar-refractivity contribution is 7.13. The smallest absolute Gasteiger partial charge is 0.255 e. The summed E-state index contributed by atoms with van der Waals surface area (Å²) in [6.45, 7) is 5.42. The molecule has 0 spiro atoms. The Morgan fingerprint density at radius 2 is 2.00 bits per heavy atom. The number of pyridine rings is 1. The van der Waals surface area contributed by atoms with Gasteiger partial charge in [0.25, 0.3) is 5.91 Å². The zero-order chi connectivity index (χ0) is 19.5. The molecule has 3 fully saturated rings. The van der Waals surface area contributed by atoms with Crippen LogP contribution in [-0.2, 0) is 0 Å². The van der Waals surface area contributed by atoms with Crippen molar-refractivity contribution < 1.29 is 4.79 Å². The third kappa shape index (κ3) is 2.65. The fourth-order valence-corrected chi connectivity index (χ4v) is 6.92. The lowest BCUT2D eigenvalue weighted by atomic mass is 9.71. The summed E-state index contributed by atoms with van der Waals surface area (Å²) in [4.78, 5) is 28.3. The SMILES string of the molecule is Cc1ncsc1-c1ccc(C(=O)N2[C@@H]3CN(C)[C@@H]4CCCC[C@H]2[C@]4(C)C3)cn1. The van der Waals surface area contributed by atoms with Crippen molar-refractivity contribution >= 4 is 17.2 Å². The van der Waals surface area contributed by atoms with E-state index in [9.17, 15) is 4.79 Å². The van der Waals surface area contributed by atoms with Gasteiger partial charge in [-0.1, -0.05) is 19.8 Å². The van der Waals surface area contributed by atoms with E-state index in [-0.39, 0.29) is 11.3 Å². The maximum Gasteiger partial charge on any atom is 0.255 e. The van der Waals surface area contributed by atoms with E-state index in [1.807, 2.05) is 24.6 Å². The summed E-state index contributed by atoms with van der Waals surface area (Å²) in [5.41, 5.74) is 4.67. The second-order valence-corrected chi connectivity index (χ2v) is 9.89. The number of carbonyl (C=O) groups excluding carboxylic acids is 1. The normalized spacial score (nSPS) is 32.4. The molecule has 0 aromatic carbocycles. The van der Waals surface area contributed by atoms with Crippen molar-refractivity contribution in [2.24, 2.45) is 5.41 Å². The number of aromatic nitrogens is 2. The second-order valence-electron chi connectivity index (χ2n) is 9.03. The molecular formula is C22H28N4OS. The highest BCUT2D eigenvalue weighted by Crippen LogP contribution is 2.53. The summed E-state index contributed by atoms with van der Waals surface area (Å²) < 4.78 is 0. The van der Waals surface area contributed by atoms with Gasteiger partial charge in [0, 0.05) is 36.3 Å². The van der Waals surface area contributed by atoms with Gasteiger partial charge in [0.05, 0.1) is 27.3 Å². The first-order chi connectivity index (χ1) is 13.5. The summed E-state index contributed by atoms with van der Waals surface area (Å²) in [6.07, 6.45) is 7.81. The number of hydrogen-bond acceptors (Lipinski definition) is 5. The molecule has 1 saturated carbocycles. The van der Waals surface area contributed by atoms with Gasteiger partial charge in [0.15, 0.2) is 0 Å². The number of carbonyl (C=O) groups is 1. The van der Waals surface area contributed by atoms with Gasteiger partial charge in [-0.25, -0.2) is 4.98 Å². The Balaban J connectivity index is 1.46. The first kappa shape index (κ1) is 18.3. The topological polar surface area (TPSA) is 49.3 Å². The third-order valence-electron chi connectivity index (χ3n) is 7.39. The summed E-state index contributed by atoms with van der Waals surface area (Å²) in [7, 11) is 2.25. The van der Waals surface area contributed by atoms with Crippen LogP contribution in [0.25, 0.3) is 10.6 Å². The number of rotatable bonds is 2. The highest BCUT2D eigenvalue weighted by atomic mass is 32.1. The van der Waals surface area contributed by atoms with Gasteiger partial charge in [-0.05, 0) is 45.4 Å². The molecule has 28 heavy (non-hydrogen) atoms. The van der Waals surface area contributed by atoms with Gasteiger partial charge in [0.2, 0.25) is 0 Å². The predicted octanol–water partition coefficient (Wildman–Crippen LogP) is 3.99. The molecule has 3 aliphatic rings. The van der Waals surface area contributed by atoms with E-state index in [1.54, 1.807) is 17.5 Å². The molecule has 6 heteroatoms. The molecule has 0 unspecified atom stereocenters. The summed E-state index contributed by atoms with van der Waals surface area (Å²) in [5.74, 6) is 0.162. The van der Waals surface area contributed by atoms with Crippen LogP contribution < -0.4 is 0 Å². The summed E-state index contributed by atoms with van der Waals surface area (Å²) >= 11 is 1.59. The maximum atomic E-state index is 13.6. The van der Waals surface area contributed by atoms with Crippen molar-refractivity contribution in [1.29, 1.82) is 0 Å². The minimum Gasteiger partial charge on any atom is -0.331 e. The van der Waals surface area contributed by atoms with E-state index in [4.69, 9.17) is 0 Å². The Morgan fingerprint density at radius 1 is 1.21 bits per heavy atom. The first-order valence-electron chi connectivity index (χ1n) is 10.4. The van der Waals surface area contributed by atoms with Crippen LogP contribution in [0.4, 0.5) is 0 Å². The third-order valence-corrected chi connectivity index (χ3v) is 8.34. The molecule has 148 valence electrons. The molecule has 2 saturated heterocycles. The number of thiazole rings is 1. The zero-order valence-corrected chi connectivity index (χ0v) is 17.7. The van der Waals surface area contributed by atoms with E-state index < -0.39 is 0 Å². The van der Waals surface area contributed by atoms with Crippen molar-refractivity contribution in [3.05, 3.63) is 35.1 Å². The fourth-order valence-electron chi connectivity index (χ4n) is 6.14. The van der Waals surface area contributed by atoms with Crippen LogP contribution in [0.3, 0.4) is 0 Å². The van der Waals surface area contributed by atoms with Crippen LogP contribution in [-0.4, -0.2) is 57.4 Å².